The van der Waals surface area contributed by atoms with Crippen LogP contribution in [0.1, 0.15) is 50.7 Å². The van der Waals surface area contributed by atoms with Crippen molar-refractivity contribution in [2.75, 3.05) is 54.6 Å². The van der Waals surface area contributed by atoms with Crippen molar-refractivity contribution in [2.45, 2.75) is 52.2 Å². The fourth-order valence-corrected chi connectivity index (χ4v) is 6.01. The summed E-state index contributed by atoms with van der Waals surface area (Å²) in [6.45, 7) is 8.45. The normalized spacial score (nSPS) is 23.3. The molecule has 1 aromatic rings. The van der Waals surface area contributed by atoms with Crippen molar-refractivity contribution in [2.24, 2.45) is 5.92 Å². The van der Waals surface area contributed by atoms with Gasteiger partial charge in [0.2, 0.25) is 0 Å². The van der Waals surface area contributed by atoms with Gasteiger partial charge in [-0.1, -0.05) is 26.0 Å². The van der Waals surface area contributed by atoms with E-state index in [-0.39, 0.29) is 30.0 Å². The summed E-state index contributed by atoms with van der Waals surface area (Å²) in [6, 6.07) is 3.61. The molecule has 1 aliphatic carbocycles. The van der Waals surface area contributed by atoms with E-state index >= 15 is 0 Å². The molecule has 2 unspecified atom stereocenters. The van der Waals surface area contributed by atoms with Crippen LogP contribution in [0.5, 0.6) is 11.5 Å². The van der Waals surface area contributed by atoms with Gasteiger partial charge in [0, 0.05) is 62.5 Å². The fourth-order valence-electron chi connectivity index (χ4n) is 6.01. The van der Waals surface area contributed by atoms with E-state index in [4.69, 9.17) is 18.9 Å². The van der Waals surface area contributed by atoms with Gasteiger partial charge < -0.3 is 34.1 Å². The van der Waals surface area contributed by atoms with Gasteiger partial charge in [-0.05, 0) is 37.5 Å². The summed E-state index contributed by atoms with van der Waals surface area (Å²) in [4.78, 5) is 32.9. The lowest BCUT2D eigenvalue weighted by Gasteiger charge is -2.35. The van der Waals surface area contributed by atoms with Gasteiger partial charge in [0.1, 0.15) is 17.3 Å². The number of amides is 4. The predicted molar refractivity (Wildman–Crippen MR) is 157 cm³/mol. The maximum Gasteiger partial charge on any atom is 0.324 e. The predicted octanol–water partition coefficient (Wildman–Crippen LogP) is 4.83. The van der Waals surface area contributed by atoms with E-state index in [2.05, 4.69) is 18.3 Å². The maximum atomic E-state index is 14.0. The number of hydrogen-bond acceptors (Lipinski definition) is 6. The van der Waals surface area contributed by atoms with E-state index in [0.717, 1.165) is 22.6 Å². The Morgan fingerprint density at radius 3 is 2.49 bits per heavy atom. The van der Waals surface area contributed by atoms with E-state index in [0.29, 0.717) is 62.8 Å². The molecule has 10 nitrogen and oxygen atoms in total. The lowest BCUT2D eigenvalue weighted by atomic mass is 9.94. The first-order chi connectivity index (χ1) is 19.8. The van der Waals surface area contributed by atoms with Crippen LogP contribution in [0.2, 0.25) is 0 Å². The third kappa shape index (κ3) is 6.32. The molecule has 0 spiro atoms. The molecular weight excluding hydrogens is 524 g/mol. The largest absolute Gasteiger partial charge is 0.499 e. The Labute approximate surface area is 243 Å². The minimum Gasteiger partial charge on any atom is -0.499 e. The molecule has 1 fully saturated rings. The van der Waals surface area contributed by atoms with E-state index in [1.165, 1.54) is 0 Å². The van der Waals surface area contributed by atoms with Crippen LogP contribution >= 0.6 is 0 Å². The average Bonchev–Trinajstić information content (AvgIpc) is 3.11. The van der Waals surface area contributed by atoms with Crippen molar-refractivity contribution in [3.05, 3.63) is 58.6 Å². The van der Waals surface area contributed by atoms with Crippen LogP contribution < -0.4 is 14.8 Å². The minimum absolute atomic E-state index is 0.0320. The quantitative estimate of drug-likeness (QED) is 0.528. The van der Waals surface area contributed by atoms with Gasteiger partial charge in [-0.3, -0.25) is 4.90 Å². The summed E-state index contributed by atoms with van der Waals surface area (Å²) in [5.74, 6) is 2.13. The van der Waals surface area contributed by atoms with Crippen LogP contribution in [0.4, 0.5) is 9.59 Å². The van der Waals surface area contributed by atoms with Crippen LogP contribution in [0.3, 0.4) is 0 Å². The van der Waals surface area contributed by atoms with Gasteiger partial charge in [0.25, 0.3) is 0 Å². The van der Waals surface area contributed by atoms with Crippen molar-refractivity contribution >= 4 is 12.1 Å². The van der Waals surface area contributed by atoms with Gasteiger partial charge >= 0.3 is 12.1 Å². The molecule has 0 saturated carbocycles. The number of carbonyl (C=O) groups excluding carboxylic acids is 2. The summed E-state index contributed by atoms with van der Waals surface area (Å²) in [5.41, 5.74) is 3.66. The zero-order valence-electron chi connectivity index (χ0n) is 25.4. The molecule has 2 aliphatic heterocycles. The highest BCUT2D eigenvalue weighted by Gasteiger charge is 2.32. The Bertz CT molecular complexity index is 1230. The lowest BCUT2D eigenvalue weighted by molar-refractivity contribution is 0.0797. The molecular formula is C31H44N4O6. The molecule has 1 saturated heterocycles. The molecule has 0 bridgehead atoms. The second-order valence-electron chi connectivity index (χ2n) is 10.6. The third-order valence-electron chi connectivity index (χ3n) is 8.26. The summed E-state index contributed by atoms with van der Waals surface area (Å²) >= 11 is 0. The number of nitrogens with one attached hydrogen (secondary N) is 1. The Morgan fingerprint density at radius 2 is 1.83 bits per heavy atom. The van der Waals surface area contributed by atoms with Gasteiger partial charge in [-0.15, -0.1) is 0 Å². The molecule has 224 valence electrons. The number of urea groups is 2. The third-order valence-corrected chi connectivity index (χ3v) is 8.26. The van der Waals surface area contributed by atoms with Gasteiger partial charge in [-0.25, -0.2) is 9.59 Å². The van der Waals surface area contributed by atoms with Crippen LogP contribution in [0.25, 0.3) is 0 Å². The average molecular weight is 569 g/mol. The number of ether oxygens (including phenoxy) is 4. The molecule has 41 heavy (non-hydrogen) atoms. The molecule has 10 heteroatoms. The number of carbonyl (C=O) groups is 2. The van der Waals surface area contributed by atoms with Crippen LogP contribution in [-0.2, 0) is 16.0 Å². The zero-order chi connectivity index (χ0) is 29.7. The van der Waals surface area contributed by atoms with E-state index in [9.17, 15) is 9.59 Å². The lowest BCUT2D eigenvalue weighted by Crippen LogP contribution is -2.49. The fraction of sp³-hybridized carbons (Fsp3) is 0.548. The van der Waals surface area contributed by atoms with Crippen LogP contribution in [0.15, 0.2) is 47.5 Å². The molecule has 1 aromatic carbocycles. The Morgan fingerprint density at radius 1 is 1.05 bits per heavy atom. The first-order valence-corrected chi connectivity index (χ1v) is 14.3. The van der Waals surface area contributed by atoms with Gasteiger partial charge in [0.05, 0.1) is 39.7 Å². The van der Waals surface area contributed by atoms with Crippen molar-refractivity contribution < 1.29 is 28.5 Å². The molecule has 1 N–H and O–H groups in total. The highest BCUT2D eigenvalue weighted by atomic mass is 16.5. The molecule has 3 atom stereocenters. The molecule has 4 rings (SSSR count). The SMILES string of the molecule is CCN1CCN(C(=O)NC2=C(OC)C(C)C(OC)C=C2)CCCC2=C[C@H](C)c3c(cc(OC)cc3OC)CN2C1=O. The summed E-state index contributed by atoms with van der Waals surface area (Å²) in [7, 11) is 6.56. The molecule has 4 amide bonds. The smallest absolute Gasteiger partial charge is 0.324 e. The van der Waals surface area contributed by atoms with Crippen LogP contribution in [-0.4, -0.2) is 87.5 Å². The highest BCUT2D eigenvalue weighted by molar-refractivity contribution is 5.78. The van der Waals surface area contributed by atoms with E-state index in [1.807, 2.05) is 43.0 Å². The zero-order valence-corrected chi connectivity index (χ0v) is 25.4. The number of methoxy groups -OCH3 is 4. The second-order valence-corrected chi connectivity index (χ2v) is 10.6. The molecule has 2 heterocycles. The molecule has 0 aromatic heterocycles. The maximum absolute atomic E-state index is 14.0. The minimum atomic E-state index is -0.212. The van der Waals surface area contributed by atoms with Crippen molar-refractivity contribution in [1.82, 2.24) is 20.0 Å². The Hall–Kier alpha value is -3.66. The number of fused-ring (bicyclic) bond motifs is 2. The number of rotatable bonds is 6. The number of likely N-dealkylation sites (N-methyl/N-ethyl adjacent to an activating group) is 1. The summed E-state index contributed by atoms with van der Waals surface area (Å²) < 4.78 is 22.4. The monoisotopic (exact) mass is 568 g/mol. The molecule has 3 aliphatic rings. The number of nitrogens with zero attached hydrogens (tertiary/aromatic N) is 3. The van der Waals surface area contributed by atoms with E-state index in [1.54, 1.807) is 38.2 Å². The van der Waals surface area contributed by atoms with Crippen LogP contribution in [0, 0.1) is 5.92 Å². The van der Waals surface area contributed by atoms with Gasteiger partial charge in [0.15, 0.2) is 0 Å². The van der Waals surface area contributed by atoms with Gasteiger partial charge in [-0.2, -0.15) is 0 Å². The van der Waals surface area contributed by atoms with Crippen molar-refractivity contribution in [3.8, 4) is 11.5 Å². The highest BCUT2D eigenvalue weighted by Crippen LogP contribution is 2.40. The number of hydrogen-bond donors (Lipinski definition) is 1. The van der Waals surface area contributed by atoms with E-state index < -0.39 is 0 Å². The second kappa shape index (κ2) is 13.3. The topological polar surface area (TPSA) is 92.8 Å². The van der Waals surface area contributed by atoms with Crippen molar-refractivity contribution in [1.29, 1.82) is 0 Å². The molecule has 0 radical (unpaired) electrons. The number of allylic oxidation sites excluding steroid dienone is 3. The first kappa shape index (κ1) is 30.3. The summed E-state index contributed by atoms with van der Waals surface area (Å²) in [5, 5.41) is 3.05. The Kier molecular flexibility index (Phi) is 9.86. The Balaban J connectivity index is 1.58. The number of benzene rings is 1. The standard InChI is InChI=1S/C31H44N4O6/c1-8-33-14-15-34(30(36)32-25-11-12-26(39-5)21(3)29(25)41-7)13-9-10-23-16-20(2)28-22(19-35(23)31(33)37)17-24(38-4)18-27(28)40-6/h11-12,16-18,20-21,26H,8-10,13-15,19H2,1-7H3,(H,32,36)/t20-,21?,26?/m0/s1. The summed E-state index contributed by atoms with van der Waals surface area (Å²) in [6.07, 6.45) is 7.18. The first-order valence-electron chi connectivity index (χ1n) is 14.3. The van der Waals surface area contributed by atoms with Crippen molar-refractivity contribution in [3.63, 3.8) is 0 Å².